The number of benzene rings is 1. The molecule has 5 heteroatoms. The Morgan fingerprint density at radius 1 is 1.26 bits per heavy atom. The van der Waals surface area contributed by atoms with E-state index in [9.17, 15) is 0 Å². The smallest absolute Gasteiger partial charge is 0.129 e. The molecule has 1 atom stereocenters. The molecule has 0 spiro atoms. The molecule has 3 rings (SSSR count). The van der Waals surface area contributed by atoms with Crippen LogP contribution >= 0.6 is 0 Å². The van der Waals surface area contributed by atoms with E-state index in [1.165, 1.54) is 11.9 Å². The first-order valence-electron chi connectivity index (χ1n) is 6.21. The Bertz CT molecular complexity index is 689. The number of hydrogen-bond acceptors (Lipinski definition) is 4. The van der Waals surface area contributed by atoms with E-state index in [1.807, 2.05) is 19.1 Å². The topological polar surface area (TPSA) is 66.5 Å². The lowest BCUT2D eigenvalue weighted by Gasteiger charge is -2.11. The Hall–Kier alpha value is -2.43. The van der Waals surface area contributed by atoms with E-state index in [2.05, 4.69) is 44.3 Å². The lowest BCUT2D eigenvalue weighted by Crippen LogP contribution is -2.09. The number of H-pyrrole nitrogens is 1. The first-order valence-corrected chi connectivity index (χ1v) is 6.21. The van der Waals surface area contributed by atoms with Gasteiger partial charge < -0.3 is 10.3 Å². The third-order valence-electron chi connectivity index (χ3n) is 3.01. The third kappa shape index (κ3) is 2.40. The van der Waals surface area contributed by atoms with Gasteiger partial charge in [-0.1, -0.05) is 6.07 Å². The Morgan fingerprint density at radius 3 is 2.95 bits per heavy atom. The highest BCUT2D eigenvalue weighted by molar-refractivity contribution is 5.76. The van der Waals surface area contributed by atoms with E-state index >= 15 is 0 Å². The highest BCUT2D eigenvalue weighted by atomic mass is 15.1. The largest absolute Gasteiger partial charge is 0.360 e. The maximum absolute atomic E-state index is 4.59. The van der Waals surface area contributed by atoms with E-state index < -0.39 is 0 Å². The van der Waals surface area contributed by atoms with Crippen molar-refractivity contribution in [1.29, 1.82) is 0 Å². The van der Waals surface area contributed by atoms with E-state index in [-0.39, 0.29) is 6.04 Å². The van der Waals surface area contributed by atoms with Crippen molar-refractivity contribution in [3.63, 3.8) is 0 Å². The summed E-state index contributed by atoms with van der Waals surface area (Å²) < 4.78 is 0. The minimum Gasteiger partial charge on any atom is -0.360 e. The van der Waals surface area contributed by atoms with Gasteiger partial charge in [-0.05, 0) is 37.6 Å². The molecule has 0 aliphatic heterocycles. The van der Waals surface area contributed by atoms with Crippen molar-refractivity contribution in [3.05, 3.63) is 48.2 Å². The van der Waals surface area contributed by atoms with Crippen LogP contribution in [0.1, 0.15) is 24.4 Å². The molecule has 0 saturated carbocycles. The van der Waals surface area contributed by atoms with Gasteiger partial charge in [0.1, 0.15) is 18.0 Å². The summed E-state index contributed by atoms with van der Waals surface area (Å²) in [5.41, 5.74) is 3.27. The maximum atomic E-state index is 4.59. The molecule has 0 fully saturated rings. The number of aromatic nitrogens is 4. The predicted molar refractivity (Wildman–Crippen MR) is 74.9 cm³/mol. The Morgan fingerprint density at radius 2 is 2.16 bits per heavy atom. The molecule has 0 aliphatic rings. The number of nitrogens with one attached hydrogen (secondary N) is 2. The van der Waals surface area contributed by atoms with Crippen molar-refractivity contribution in [2.24, 2.45) is 0 Å². The molecule has 1 aromatic carbocycles. The van der Waals surface area contributed by atoms with Gasteiger partial charge in [0.15, 0.2) is 0 Å². The Labute approximate surface area is 111 Å². The van der Waals surface area contributed by atoms with Crippen LogP contribution in [0, 0.1) is 6.92 Å². The van der Waals surface area contributed by atoms with Gasteiger partial charge in [0.25, 0.3) is 0 Å². The summed E-state index contributed by atoms with van der Waals surface area (Å²) >= 11 is 0. The van der Waals surface area contributed by atoms with Crippen LogP contribution in [0.2, 0.25) is 0 Å². The molecule has 19 heavy (non-hydrogen) atoms. The fourth-order valence-corrected chi connectivity index (χ4v) is 2.01. The molecule has 2 aromatic heterocycles. The zero-order valence-corrected chi connectivity index (χ0v) is 10.9. The van der Waals surface area contributed by atoms with Crippen LogP contribution in [0.4, 0.5) is 5.82 Å². The summed E-state index contributed by atoms with van der Waals surface area (Å²) in [5.74, 6) is 1.69. The van der Waals surface area contributed by atoms with Gasteiger partial charge in [-0.15, -0.1) is 0 Å². The van der Waals surface area contributed by atoms with Crippen LogP contribution in [0.15, 0.2) is 36.8 Å². The Kier molecular flexibility index (Phi) is 2.87. The van der Waals surface area contributed by atoms with Gasteiger partial charge in [-0.2, -0.15) is 0 Å². The van der Waals surface area contributed by atoms with Crippen LogP contribution in [0.25, 0.3) is 11.0 Å². The molecule has 0 saturated heterocycles. The van der Waals surface area contributed by atoms with Gasteiger partial charge in [0.05, 0.1) is 17.1 Å². The van der Waals surface area contributed by atoms with Crippen LogP contribution < -0.4 is 5.32 Å². The van der Waals surface area contributed by atoms with Crippen molar-refractivity contribution >= 4 is 16.9 Å². The lowest BCUT2D eigenvalue weighted by molar-refractivity contribution is 0.807. The summed E-state index contributed by atoms with van der Waals surface area (Å²) in [6.07, 6.45) is 3.24. The quantitative estimate of drug-likeness (QED) is 0.753. The van der Waals surface area contributed by atoms with E-state index in [0.29, 0.717) is 0 Å². The number of nitrogens with zero attached hydrogens (tertiary/aromatic N) is 3. The molecule has 0 aliphatic carbocycles. The van der Waals surface area contributed by atoms with Gasteiger partial charge in [-0.3, -0.25) is 0 Å². The molecule has 0 bridgehead atoms. The standard InChI is InChI=1S/C14H15N5/c1-9-3-4-11-12(7-9)19-14(18-11)10(2)17-13-5-6-15-8-16-13/h3-8,10H,1-2H3,(H,18,19)(H,15,16,17). The van der Waals surface area contributed by atoms with Gasteiger partial charge in [0, 0.05) is 6.20 Å². The molecule has 0 radical (unpaired) electrons. The van der Waals surface area contributed by atoms with Gasteiger partial charge >= 0.3 is 0 Å². The fraction of sp³-hybridized carbons (Fsp3) is 0.214. The highest BCUT2D eigenvalue weighted by Crippen LogP contribution is 2.19. The number of imidazole rings is 1. The maximum Gasteiger partial charge on any atom is 0.129 e. The van der Waals surface area contributed by atoms with Crippen LogP contribution in [-0.4, -0.2) is 19.9 Å². The summed E-state index contributed by atoms with van der Waals surface area (Å²) in [5, 5.41) is 3.29. The summed E-state index contributed by atoms with van der Waals surface area (Å²) in [6.45, 7) is 4.12. The van der Waals surface area contributed by atoms with Crippen LogP contribution in [0.5, 0.6) is 0 Å². The fourth-order valence-electron chi connectivity index (χ4n) is 2.01. The molecule has 2 N–H and O–H groups in total. The average Bonchev–Trinajstić information content (AvgIpc) is 2.83. The lowest BCUT2D eigenvalue weighted by atomic mass is 10.2. The zero-order chi connectivity index (χ0) is 13.2. The molecule has 0 amide bonds. The normalized spacial score (nSPS) is 12.5. The third-order valence-corrected chi connectivity index (χ3v) is 3.01. The first kappa shape index (κ1) is 11.6. The van der Waals surface area contributed by atoms with Crippen molar-refractivity contribution in [2.75, 3.05) is 5.32 Å². The van der Waals surface area contributed by atoms with E-state index in [0.717, 1.165) is 22.7 Å². The van der Waals surface area contributed by atoms with Crippen molar-refractivity contribution in [3.8, 4) is 0 Å². The number of anilines is 1. The minimum absolute atomic E-state index is 0.0580. The molecule has 96 valence electrons. The number of fused-ring (bicyclic) bond motifs is 1. The summed E-state index contributed by atoms with van der Waals surface area (Å²) in [6, 6.07) is 8.09. The second-order valence-electron chi connectivity index (χ2n) is 4.60. The number of rotatable bonds is 3. The summed E-state index contributed by atoms with van der Waals surface area (Å²) in [7, 11) is 0. The average molecular weight is 253 g/mol. The van der Waals surface area contributed by atoms with E-state index in [1.54, 1.807) is 6.20 Å². The molecular weight excluding hydrogens is 238 g/mol. The van der Waals surface area contributed by atoms with Crippen LogP contribution in [-0.2, 0) is 0 Å². The summed E-state index contributed by atoms with van der Waals surface area (Å²) in [4.78, 5) is 16.0. The van der Waals surface area contributed by atoms with Gasteiger partial charge in [-0.25, -0.2) is 15.0 Å². The Balaban J connectivity index is 1.87. The van der Waals surface area contributed by atoms with Crippen molar-refractivity contribution in [1.82, 2.24) is 19.9 Å². The predicted octanol–water partition coefficient (Wildman–Crippen LogP) is 2.83. The molecular formula is C14H15N5. The molecule has 5 nitrogen and oxygen atoms in total. The van der Waals surface area contributed by atoms with E-state index in [4.69, 9.17) is 0 Å². The first-order chi connectivity index (χ1) is 9.22. The van der Waals surface area contributed by atoms with Gasteiger partial charge in [0.2, 0.25) is 0 Å². The van der Waals surface area contributed by atoms with Crippen LogP contribution in [0.3, 0.4) is 0 Å². The number of aryl methyl sites for hydroxylation is 1. The number of aromatic amines is 1. The zero-order valence-electron chi connectivity index (χ0n) is 10.9. The highest BCUT2D eigenvalue weighted by Gasteiger charge is 2.11. The molecule has 3 aromatic rings. The second-order valence-corrected chi connectivity index (χ2v) is 4.60. The second kappa shape index (κ2) is 4.68. The minimum atomic E-state index is 0.0580. The molecule has 2 heterocycles. The SMILES string of the molecule is Cc1ccc2nc(C(C)Nc3ccncn3)[nH]c2c1. The van der Waals surface area contributed by atoms with Crippen molar-refractivity contribution in [2.45, 2.75) is 19.9 Å². The number of hydrogen-bond donors (Lipinski definition) is 2. The molecule has 1 unspecified atom stereocenters. The monoisotopic (exact) mass is 253 g/mol. The van der Waals surface area contributed by atoms with Crippen molar-refractivity contribution < 1.29 is 0 Å².